The SMILES string of the molecule is CC#CCOc1ccc2c(c1)c(CN1CCCCC1CO)cn2Cc1cccc(F)c1. The number of nitrogens with zero attached hydrogens (tertiary/aromatic N) is 2. The van der Waals surface area contributed by atoms with E-state index in [9.17, 15) is 9.50 Å². The van der Waals surface area contributed by atoms with Crippen LogP contribution in [0.3, 0.4) is 0 Å². The summed E-state index contributed by atoms with van der Waals surface area (Å²) in [5.41, 5.74) is 3.21. The molecule has 0 saturated carbocycles. The van der Waals surface area contributed by atoms with Gasteiger partial charge in [-0.15, -0.1) is 5.92 Å². The van der Waals surface area contributed by atoms with Gasteiger partial charge in [0.05, 0.1) is 6.61 Å². The minimum atomic E-state index is -0.221. The van der Waals surface area contributed by atoms with Crippen LogP contribution in [-0.2, 0) is 13.1 Å². The summed E-state index contributed by atoms with van der Waals surface area (Å²) in [5, 5.41) is 11.0. The number of halogens is 1. The quantitative estimate of drug-likeness (QED) is 0.569. The number of hydrogen-bond donors (Lipinski definition) is 1. The topological polar surface area (TPSA) is 37.6 Å². The molecule has 1 aliphatic heterocycles. The Morgan fingerprint density at radius 3 is 2.87 bits per heavy atom. The highest BCUT2D eigenvalue weighted by Gasteiger charge is 2.23. The number of aromatic nitrogens is 1. The van der Waals surface area contributed by atoms with Gasteiger partial charge in [0.1, 0.15) is 18.2 Å². The number of rotatable bonds is 7. The van der Waals surface area contributed by atoms with E-state index >= 15 is 0 Å². The molecule has 2 heterocycles. The standard InChI is InChI=1S/C26H29FN2O2/c1-2-3-13-31-24-10-11-26-25(15-24)21(17-28-12-5-4-9-23(28)19-30)18-29(26)16-20-7-6-8-22(27)14-20/h6-8,10-11,14-15,18,23,30H,4-5,9,12-13,16-17,19H2,1H3. The van der Waals surface area contributed by atoms with Crippen LogP contribution in [0.15, 0.2) is 48.7 Å². The smallest absolute Gasteiger partial charge is 0.149 e. The van der Waals surface area contributed by atoms with E-state index in [2.05, 4.69) is 39.6 Å². The largest absolute Gasteiger partial charge is 0.481 e. The van der Waals surface area contributed by atoms with Crippen molar-refractivity contribution in [3.63, 3.8) is 0 Å². The Kier molecular flexibility index (Phi) is 6.91. The zero-order valence-corrected chi connectivity index (χ0v) is 18.0. The lowest BCUT2D eigenvalue weighted by Crippen LogP contribution is -2.41. The molecule has 0 bridgehead atoms. The molecule has 0 radical (unpaired) electrons. The lowest BCUT2D eigenvalue weighted by atomic mass is 10.0. The van der Waals surface area contributed by atoms with Crippen LogP contribution in [0, 0.1) is 17.7 Å². The second-order valence-electron chi connectivity index (χ2n) is 8.11. The fraction of sp³-hybridized carbons (Fsp3) is 0.385. The van der Waals surface area contributed by atoms with Crippen LogP contribution in [0.1, 0.15) is 37.3 Å². The molecule has 1 aromatic heterocycles. The molecule has 0 amide bonds. The van der Waals surface area contributed by atoms with E-state index in [0.29, 0.717) is 13.2 Å². The molecule has 2 aromatic carbocycles. The minimum absolute atomic E-state index is 0.186. The Hall–Kier alpha value is -2.81. The van der Waals surface area contributed by atoms with Crippen molar-refractivity contribution in [3.8, 4) is 17.6 Å². The van der Waals surface area contributed by atoms with E-state index in [0.717, 1.165) is 48.1 Å². The molecular weight excluding hydrogens is 391 g/mol. The highest BCUT2D eigenvalue weighted by molar-refractivity contribution is 5.85. The molecule has 0 aliphatic carbocycles. The number of ether oxygens (including phenoxy) is 1. The van der Waals surface area contributed by atoms with Crippen LogP contribution in [0.2, 0.25) is 0 Å². The molecule has 1 saturated heterocycles. The molecule has 1 N–H and O–H groups in total. The molecule has 0 spiro atoms. The van der Waals surface area contributed by atoms with Gasteiger partial charge >= 0.3 is 0 Å². The maximum atomic E-state index is 13.7. The van der Waals surface area contributed by atoms with E-state index in [1.165, 1.54) is 18.1 Å². The van der Waals surface area contributed by atoms with Crippen molar-refractivity contribution >= 4 is 10.9 Å². The Morgan fingerprint density at radius 1 is 1.16 bits per heavy atom. The summed E-state index contributed by atoms with van der Waals surface area (Å²) in [4.78, 5) is 2.38. The van der Waals surface area contributed by atoms with Crippen molar-refractivity contribution in [1.82, 2.24) is 9.47 Å². The summed E-state index contributed by atoms with van der Waals surface area (Å²) < 4.78 is 21.7. The summed E-state index contributed by atoms with van der Waals surface area (Å²) in [6.07, 6.45) is 5.51. The molecule has 4 nitrogen and oxygen atoms in total. The van der Waals surface area contributed by atoms with Gasteiger partial charge in [-0.05, 0) is 67.8 Å². The molecule has 3 aromatic rings. The number of likely N-dealkylation sites (tertiary alicyclic amines) is 1. The fourth-order valence-electron chi connectivity index (χ4n) is 4.41. The van der Waals surface area contributed by atoms with Crippen LogP contribution in [0.5, 0.6) is 5.75 Å². The third-order valence-electron chi connectivity index (χ3n) is 6.00. The van der Waals surface area contributed by atoms with Gasteiger partial charge in [-0.25, -0.2) is 4.39 Å². The third-order valence-corrected chi connectivity index (χ3v) is 6.00. The van der Waals surface area contributed by atoms with E-state index in [1.807, 2.05) is 12.1 Å². The maximum Gasteiger partial charge on any atom is 0.149 e. The first-order valence-corrected chi connectivity index (χ1v) is 10.9. The highest BCUT2D eigenvalue weighted by Crippen LogP contribution is 2.30. The van der Waals surface area contributed by atoms with Gasteiger partial charge < -0.3 is 14.4 Å². The summed E-state index contributed by atoms with van der Waals surface area (Å²) in [5.74, 6) is 6.35. The summed E-state index contributed by atoms with van der Waals surface area (Å²) in [6, 6.07) is 13.0. The van der Waals surface area contributed by atoms with Crippen LogP contribution < -0.4 is 4.74 Å². The van der Waals surface area contributed by atoms with Crippen LogP contribution in [-0.4, -0.2) is 40.4 Å². The lowest BCUT2D eigenvalue weighted by Gasteiger charge is -2.34. The van der Waals surface area contributed by atoms with E-state index in [-0.39, 0.29) is 18.5 Å². The molecule has 1 unspecified atom stereocenters. The first-order valence-electron chi connectivity index (χ1n) is 10.9. The van der Waals surface area contributed by atoms with Gasteiger partial charge in [0.15, 0.2) is 0 Å². The molecular formula is C26H29FN2O2. The van der Waals surface area contributed by atoms with Crippen molar-refractivity contribution in [2.24, 2.45) is 0 Å². The van der Waals surface area contributed by atoms with Crippen molar-refractivity contribution in [2.75, 3.05) is 19.8 Å². The number of piperidine rings is 1. The summed E-state index contributed by atoms with van der Waals surface area (Å²) in [7, 11) is 0. The molecule has 5 heteroatoms. The van der Waals surface area contributed by atoms with Crippen LogP contribution in [0.25, 0.3) is 10.9 Å². The maximum absolute atomic E-state index is 13.7. The molecule has 1 aliphatic rings. The van der Waals surface area contributed by atoms with Crippen molar-refractivity contribution in [3.05, 3.63) is 65.6 Å². The summed E-state index contributed by atoms with van der Waals surface area (Å²) in [6.45, 7) is 4.71. The molecule has 162 valence electrons. The van der Waals surface area contributed by atoms with Crippen molar-refractivity contribution in [1.29, 1.82) is 0 Å². The zero-order valence-electron chi connectivity index (χ0n) is 18.0. The first-order chi connectivity index (χ1) is 15.2. The number of fused-ring (bicyclic) bond motifs is 1. The summed E-state index contributed by atoms with van der Waals surface area (Å²) >= 11 is 0. The van der Waals surface area contributed by atoms with Crippen LogP contribution in [0.4, 0.5) is 4.39 Å². The number of hydrogen-bond acceptors (Lipinski definition) is 3. The van der Waals surface area contributed by atoms with Gasteiger partial charge in [-0.1, -0.05) is 24.5 Å². The van der Waals surface area contributed by atoms with Gasteiger partial charge in [0.25, 0.3) is 0 Å². The Balaban J connectivity index is 1.68. The molecule has 1 fully saturated rings. The van der Waals surface area contributed by atoms with Crippen molar-refractivity contribution in [2.45, 2.75) is 45.3 Å². The Labute approximate surface area is 183 Å². The average molecular weight is 421 g/mol. The Bertz CT molecular complexity index is 1100. The second kappa shape index (κ2) is 10.00. The van der Waals surface area contributed by atoms with Crippen LogP contribution >= 0.6 is 0 Å². The van der Waals surface area contributed by atoms with Gasteiger partial charge in [-0.2, -0.15) is 0 Å². The average Bonchev–Trinajstić information content (AvgIpc) is 3.11. The van der Waals surface area contributed by atoms with E-state index in [1.54, 1.807) is 19.1 Å². The number of benzene rings is 2. The monoisotopic (exact) mass is 420 g/mol. The molecule has 4 rings (SSSR count). The fourth-order valence-corrected chi connectivity index (χ4v) is 4.41. The van der Waals surface area contributed by atoms with Gasteiger partial charge in [0, 0.05) is 36.2 Å². The van der Waals surface area contributed by atoms with E-state index in [4.69, 9.17) is 4.74 Å². The van der Waals surface area contributed by atoms with Gasteiger partial charge in [-0.3, -0.25) is 4.90 Å². The second-order valence-corrected chi connectivity index (χ2v) is 8.11. The molecule has 1 atom stereocenters. The minimum Gasteiger partial charge on any atom is -0.481 e. The zero-order chi connectivity index (χ0) is 21.6. The predicted molar refractivity (Wildman–Crippen MR) is 122 cm³/mol. The first kappa shape index (κ1) is 21.4. The number of aliphatic hydroxyl groups is 1. The predicted octanol–water partition coefficient (Wildman–Crippen LogP) is 4.58. The van der Waals surface area contributed by atoms with Gasteiger partial charge in [0.2, 0.25) is 0 Å². The normalized spacial score (nSPS) is 16.8. The lowest BCUT2D eigenvalue weighted by molar-refractivity contribution is 0.0844. The Morgan fingerprint density at radius 2 is 2.06 bits per heavy atom. The van der Waals surface area contributed by atoms with Crippen molar-refractivity contribution < 1.29 is 14.2 Å². The van der Waals surface area contributed by atoms with E-state index < -0.39 is 0 Å². The third kappa shape index (κ3) is 5.10. The highest BCUT2D eigenvalue weighted by atomic mass is 19.1. The molecule has 31 heavy (non-hydrogen) atoms. The number of aliphatic hydroxyl groups excluding tert-OH is 1.